The third kappa shape index (κ3) is 3.24. The summed E-state index contributed by atoms with van der Waals surface area (Å²) in [6.07, 6.45) is 0. The third-order valence-electron chi connectivity index (χ3n) is 2.87. The minimum absolute atomic E-state index is 0.0138. The third-order valence-corrected chi connectivity index (χ3v) is 4.55. The van der Waals surface area contributed by atoms with Gasteiger partial charge >= 0.3 is 12.0 Å². The van der Waals surface area contributed by atoms with E-state index in [2.05, 4.69) is 21.2 Å². The molecule has 1 saturated heterocycles. The summed E-state index contributed by atoms with van der Waals surface area (Å²) >= 11 is 4.63. The van der Waals surface area contributed by atoms with E-state index < -0.39 is 23.9 Å². The SMILES string of the molecule is O=C(O)C1CSCCN1C(=O)Nc1c(F)cccc1Br. The average molecular weight is 363 g/mol. The first kappa shape index (κ1) is 15.1. The van der Waals surface area contributed by atoms with E-state index in [0.717, 1.165) is 0 Å². The van der Waals surface area contributed by atoms with Crippen LogP contribution in [0.5, 0.6) is 0 Å². The second-order valence-electron chi connectivity index (χ2n) is 4.15. The molecule has 1 aromatic carbocycles. The number of hydrogen-bond donors (Lipinski definition) is 2. The number of carboxylic acids is 1. The van der Waals surface area contributed by atoms with E-state index >= 15 is 0 Å². The van der Waals surface area contributed by atoms with Crippen LogP contribution in [-0.4, -0.2) is 46.1 Å². The molecule has 2 rings (SSSR count). The molecule has 0 aromatic heterocycles. The Morgan fingerprint density at radius 2 is 2.25 bits per heavy atom. The van der Waals surface area contributed by atoms with Gasteiger partial charge in [-0.25, -0.2) is 14.0 Å². The molecule has 1 aliphatic rings. The fourth-order valence-corrected chi connectivity index (χ4v) is 3.33. The molecule has 1 unspecified atom stereocenters. The molecular weight excluding hydrogens is 351 g/mol. The summed E-state index contributed by atoms with van der Waals surface area (Å²) in [6, 6.07) is 2.83. The molecule has 1 aromatic rings. The Labute approximate surface area is 127 Å². The highest BCUT2D eigenvalue weighted by atomic mass is 79.9. The summed E-state index contributed by atoms with van der Waals surface area (Å²) in [5, 5.41) is 11.5. The number of aliphatic carboxylic acids is 1. The Bertz CT molecular complexity index is 523. The molecule has 1 fully saturated rings. The van der Waals surface area contributed by atoms with Crippen LogP contribution in [0, 0.1) is 5.82 Å². The predicted octanol–water partition coefficient (Wildman–Crippen LogP) is 2.62. The number of carbonyl (C=O) groups excluding carboxylic acids is 1. The van der Waals surface area contributed by atoms with E-state index in [1.54, 1.807) is 6.07 Å². The first-order valence-corrected chi connectivity index (χ1v) is 7.77. The van der Waals surface area contributed by atoms with Crippen LogP contribution in [0.3, 0.4) is 0 Å². The van der Waals surface area contributed by atoms with Crippen LogP contribution in [0.4, 0.5) is 14.9 Å². The lowest BCUT2D eigenvalue weighted by Gasteiger charge is -2.32. The second kappa shape index (κ2) is 6.45. The average Bonchev–Trinajstić information content (AvgIpc) is 2.43. The van der Waals surface area contributed by atoms with Gasteiger partial charge in [-0.3, -0.25) is 0 Å². The van der Waals surface area contributed by atoms with Crippen LogP contribution in [0.2, 0.25) is 0 Å². The lowest BCUT2D eigenvalue weighted by molar-refractivity contribution is -0.141. The summed E-state index contributed by atoms with van der Waals surface area (Å²) in [4.78, 5) is 24.5. The zero-order valence-corrected chi connectivity index (χ0v) is 12.7. The highest BCUT2D eigenvalue weighted by molar-refractivity contribution is 9.10. The second-order valence-corrected chi connectivity index (χ2v) is 6.15. The number of carboxylic acid groups (broad SMARTS) is 1. The summed E-state index contributed by atoms with van der Waals surface area (Å²) in [6.45, 7) is 0.319. The summed E-state index contributed by atoms with van der Waals surface area (Å²) in [7, 11) is 0. The first-order valence-electron chi connectivity index (χ1n) is 5.83. The normalized spacial score (nSPS) is 18.7. The molecule has 1 heterocycles. The van der Waals surface area contributed by atoms with Gasteiger partial charge in [-0.2, -0.15) is 11.8 Å². The molecule has 0 aliphatic carbocycles. The van der Waals surface area contributed by atoms with E-state index in [1.165, 1.54) is 28.8 Å². The highest BCUT2D eigenvalue weighted by Crippen LogP contribution is 2.26. The molecule has 0 bridgehead atoms. The molecule has 1 atom stereocenters. The summed E-state index contributed by atoms with van der Waals surface area (Å²) in [5.74, 6) is -0.637. The molecule has 2 N–H and O–H groups in total. The number of carbonyl (C=O) groups is 2. The molecule has 20 heavy (non-hydrogen) atoms. The Kier molecular flexibility index (Phi) is 4.87. The zero-order chi connectivity index (χ0) is 14.7. The molecule has 1 aliphatic heterocycles. The van der Waals surface area contributed by atoms with Crippen molar-refractivity contribution >= 4 is 45.4 Å². The van der Waals surface area contributed by atoms with Gasteiger partial charge in [0.2, 0.25) is 0 Å². The van der Waals surface area contributed by atoms with Crippen molar-refractivity contribution in [1.82, 2.24) is 4.90 Å². The number of amides is 2. The van der Waals surface area contributed by atoms with Gasteiger partial charge in [-0.1, -0.05) is 6.07 Å². The zero-order valence-electron chi connectivity index (χ0n) is 10.3. The quantitative estimate of drug-likeness (QED) is 0.848. The maximum absolute atomic E-state index is 13.7. The number of rotatable bonds is 2. The van der Waals surface area contributed by atoms with Gasteiger partial charge in [-0.15, -0.1) is 0 Å². The molecule has 0 spiro atoms. The van der Waals surface area contributed by atoms with Crippen molar-refractivity contribution in [3.05, 3.63) is 28.5 Å². The van der Waals surface area contributed by atoms with Gasteiger partial charge in [0.05, 0.1) is 5.69 Å². The van der Waals surface area contributed by atoms with E-state index in [4.69, 9.17) is 5.11 Å². The van der Waals surface area contributed by atoms with Gasteiger partial charge in [0.15, 0.2) is 0 Å². The minimum atomic E-state index is -1.06. The van der Waals surface area contributed by atoms with Gasteiger partial charge in [0, 0.05) is 22.5 Å². The van der Waals surface area contributed by atoms with Crippen LogP contribution < -0.4 is 5.32 Å². The number of para-hydroxylation sites is 1. The van der Waals surface area contributed by atoms with Gasteiger partial charge < -0.3 is 15.3 Å². The smallest absolute Gasteiger partial charge is 0.327 e. The molecule has 8 heteroatoms. The highest BCUT2D eigenvalue weighted by Gasteiger charge is 2.32. The Morgan fingerprint density at radius 1 is 1.50 bits per heavy atom. The van der Waals surface area contributed by atoms with Crippen LogP contribution >= 0.6 is 27.7 Å². The van der Waals surface area contributed by atoms with Crippen LogP contribution in [0.25, 0.3) is 0 Å². The van der Waals surface area contributed by atoms with Gasteiger partial charge in [0.25, 0.3) is 0 Å². The monoisotopic (exact) mass is 362 g/mol. The van der Waals surface area contributed by atoms with Gasteiger partial charge in [-0.05, 0) is 28.1 Å². The summed E-state index contributed by atoms with van der Waals surface area (Å²) in [5.41, 5.74) is 0.0138. The standard InChI is InChI=1S/C12H12BrFN2O3S/c13-7-2-1-3-8(14)10(7)15-12(19)16-4-5-20-6-9(16)11(17)18/h1-3,9H,4-6H2,(H,15,19)(H,17,18). The fourth-order valence-electron chi connectivity index (χ4n) is 1.85. The predicted molar refractivity (Wildman–Crippen MR) is 78.6 cm³/mol. The van der Waals surface area contributed by atoms with Crippen molar-refractivity contribution in [2.24, 2.45) is 0 Å². The maximum atomic E-state index is 13.7. The van der Waals surface area contributed by atoms with Crippen LogP contribution in [0.15, 0.2) is 22.7 Å². The van der Waals surface area contributed by atoms with E-state index in [9.17, 15) is 14.0 Å². The Balaban J connectivity index is 2.16. The summed E-state index contributed by atoms with van der Waals surface area (Å²) < 4.78 is 14.1. The number of nitrogens with zero attached hydrogens (tertiary/aromatic N) is 1. The first-order chi connectivity index (χ1) is 9.50. The minimum Gasteiger partial charge on any atom is -0.480 e. The number of halogens is 2. The number of urea groups is 1. The maximum Gasteiger partial charge on any atom is 0.327 e. The van der Waals surface area contributed by atoms with E-state index in [1.807, 2.05) is 0 Å². The number of anilines is 1. The molecule has 2 amide bonds. The van der Waals surface area contributed by atoms with E-state index in [0.29, 0.717) is 22.5 Å². The lowest BCUT2D eigenvalue weighted by Crippen LogP contribution is -2.51. The number of benzene rings is 1. The number of nitrogens with one attached hydrogen (secondary N) is 1. The van der Waals surface area contributed by atoms with Crippen molar-refractivity contribution in [3.8, 4) is 0 Å². The molecule has 5 nitrogen and oxygen atoms in total. The van der Waals surface area contributed by atoms with Crippen LogP contribution in [0.1, 0.15) is 0 Å². The van der Waals surface area contributed by atoms with Gasteiger partial charge in [0.1, 0.15) is 11.9 Å². The van der Waals surface area contributed by atoms with Crippen LogP contribution in [-0.2, 0) is 4.79 Å². The largest absolute Gasteiger partial charge is 0.480 e. The molecule has 108 valence electrons. The van der Waals surface area contributed by atoms with Crippen molar-refractivity contribution in [2.45, 2.75) is 6.04 Å². The van der Waals surface area contributed by atoms with Crippen molar-refractivity contribution in [3.63, 3.8) is 0 Å². The Hall–Kier alpha value is -1.28. The van der Waals surface area contributed by atoms with E-state index in [-0.39, 0.29) is 5.69 Å². The Morgan fingerprint density at radius 3 is 2.90 bits per heavy atom. The lowest BCUT2D eigenvalue weighted by atomic mass is 10.2. The molecule has 0 radical (unpaired) electrons. The number of hydrogen-bond acceptors (Lipinski definition) is 3. The topological polar surface area (TPSA) is 69.6 Å². The molecule has 0 saturated carbocycles. The molecular formula is C12H12BrFN2O3S. The van der Waals surface area contributed by atoms with Crippen molar-refractivity contribution in [1.29, 1.82) is 0 Å². The van der Waals surface area contributed by atoms with Crippen molar-refractivity contribution < 1.29 is 19.1 Å². The van der Waals surface area contributed by atoms with Crippen molar-refractivity contribution in [2.75, 3.05) is 23.4 Å². The number of thioether (sulfide) groups is 1. The fraction of sp³-hybridized carbons (Fsp3) is 0.333.